The second-order valence-electron chi connectivity index (χ2n) is 11.8. The van der Waals surface area contributed by atoms with Gasteiger partial charge in [-0.1, -0.05) is 71.6 Å². The molecule has 2 fully saturated rings. The van der Waals surface area contributed by atoms with E-state index in [1.165, 1.54) is 24.1 Å². The summed E-state index contributed by atoms with van der Waals surface area (Å²) in [5, 5.41) is 7.96. The molecule has 1 saturated heterocycles. The van der Waals surface area contributed by atoms with Crippen LogP contribution < -0.4 is 9.74 Å². The molecule has 8 heteroatoms. The van der Waals surface area contributed by atoms with Gasteiger partial charge in [0, 0.05) is 45.0 Å². The van der Waals surface area contributed by atoms with Crippen molar-refractivity contribution in [2.75, 3.05) is 38.2 Å². The van der Waals surface area contributed by atoms with Crippen LogP contribution in [-0.2, 0) is 10.3 Å². The molecule has 0 spiro atoms. The lowest BCUT2D eigenvalue weighted by atomic mass is 9.77. The fraction of sp³-hybridized carbons (Fsp3) is 0.306. The van der Waals surface area contributed by atoms with Crippen LogP contribution in [-0.4, -0.2) is 65.4 Å². The highest BCUT2D eigenvalue weighted by Gasteiger charge is 2.39. The number of benzene rings is 4. The highest BCUT2D eigenvalue weighted by molar-refractivity contribution is 5.90. The van der Waals surface area contributed by atoms with Crippen molar-refractivity contribution in [1.82, 2.24) is 20.1 Å². The number of ether oxygens (including phenoxy) is 1. The van der Waals surface area contributed by atoms with E-state index in [1.54, 1.807) is 12.1 Å². The van der Waals surface area contributed by atoms with Gasteiger partial charge in [0.15, 0.2) is 0 Å². The zero-order chi connectivity index (χ0) is 29.9. The van der Waals surface area contributed by atoms with Gasteiger partial charge in [-0.2, -0.15) is 0 Å². The Balaban J connectivity index is 0.925. The first-order chi connectivity index (χ1) is 21.6. The van der Waals surface area contributed by atoms with Gasteiger partial charge in [-0.25, -0.2) is 4.79 Å². The van der Waals surface area contributed by atoms with Gasteiger partial charge in [-0.15, -0.1) is 5.10 Å². The molecule has 0 amide bonds. The molecule has 5 aromatic rings. The Bertz CT molecular complexity index is 1700. The van der Waals surface area contributed by atoms with Gasteiger partial charge in [0.25, 0.3) is 0 Å². The van der Waals surface area contributed by atoms with Crippen molar-refractivity contribution in [3.05, 3.63) is 114 Å². The van der Waals surface area contributed by atoms with Crippen molar-refractivity contribution < 1.29 is 14.4 Å². The molecule has 44 heavy (non-hydrogen) atoms. The van der Waals surface area contributed by atoms with Crippen molar-refractivity contribution in [2.45, 2.75) is 37.3 Å². The molecule has 1 aliphatic carbocycles. The van der Waals surface area contributed by atoms with Gasteiger partial charge in [0.2, 0.25) is 0 Å². The zero-order valence-corrected chi connectivity index (χ0v) is 25.0. The summed E-state index contributed by atoms with van der Waals surface area (Å²) in [6.45, 7) is 4.23. The molecule has 2 aliphatic rings. The largest absolute Gasteiger partial charge is 0.374 e. The lowest BCUT2D eigenvalue weighted by molar-refractivity contribution is -0.0614. The molecule has 0 N–H and O–H groups in total. The molecule has 8 nitrogen and oxygen atoms in total. The maximum absolute atomic E-state index is 12.7. The van der Waals surface area contributed by atoms with Gasteiger partial charge in [-0.3, -0.25) is 4.90 Å². The molecule has 4 aromatic carbocycles. The second kappa shape index (κ2) is 12.2. The van der Waals surface area contributed by atoms with Crippen LogP contribution in [0.25, 0.3) is 22.2 Å². The summed E-state index contributed by atoms with van der Waals surface area (Å²) in [6.07, 6.45) is 4.48. The van der Waals surface area contributed by atoms with Gasteiger partial charge < -0.3 is 14.5 Å². The number of anilines is 1. The fourth-order valence-corrected chi connectivity index (χ4v) is 6.84. The molecule has 7 rings (SSSR count). The fourth-order valence-electron chi connectivity index (χ4n) is 6.84. The van der Waals surface area contributed by atoms with E-state index in [9.17, 15) is 4.79 Å². The molecule has 1 saturated carbocycles. The quantitative estimate of drug-likeness (QED) is 0.217. The first-order valence-corrected chi connectivity index (χ1v) is 15.5. The average molecular weight is 588 g/mol. The van der Waals surface area contributed by atoms with Gasteiger partial charge in [-0.05, 0) is 84.0 Å². The Hall–Kier alpha value is -4.53. The number of carbonyl (C=O) groups excluding carboxylic acids is 1. The lowest BCUT2D eigenvalue weighted by Crippen LogP contribution is -2.52. The maximum Gasteiger partial charge on any atom is 0.365 e. The number of aromatic nitrogens is 3. The monoisotopic (exact) mass is 587 g/mol. The average Bonchev–Trinajstić information content (AvgIpc) is 3.51. The van der Waals surface area contributed by atoms with E-state index in [2.05, 4.69) is 74.7 Å². The van der Waals surface area contributed by atoms with E-state index in [0.29, 0.717) is 22.6 Å². The predicted molar refractivity (Wildman–Crippen MR) is 171 cm³/mol. The van der Waals surface area contributed by atoms with E-state index >= 15 is 0 Å². The predicted octanol–water partition coefficient (Wildman–Crippen LogP) is 5.97. The summed E-state index contributed by atoms with van der Waals surface area (Å²) < 4.78 is 6.11. The van der Waals surface area contributed by atoms with E-state index in [1.807, 2.05) is 43.5 Å². The number of rotatable bonds is 7. The highest BCUT2D eigenvalue weighted by atomic mass is 16.7. The van der Waals surface area contributed by atoms with E-state index in [4.69, 9.17) is 9.57 Å². The van der Waals surface area contributed by atoms with Crippen molar-refractivity contribution in [3.63, 3.8) is 0 Å². The molecule has 0 radical (unpaired) electrons. The van der Waals surface area contributed by atoms with E-state index in [-0.39, 0.29) is 5.60 Å². The molecular formula is C36H37N5O3. The number of hydrogen-bond donors (Lipinski definition) is 0. The minimum Gasteiger partial charge on any atom is -0.374 e. The normalized spacial score (nSPS) is 20.9. The summed E-state index contributed by atoms with van der Waals surface area (Å²) >= 11 is 0. The zero-order valence-electron chi connectivity index (χ0n) is 25.0. The first kappa shape index (κ1) is 28.3. The van der Waals surface area contributed by atoms with Gasteiger partial charge in [0.1, 0.15) is 11.0 Å². The minimum atomic E-state index is -0.482. The van der Waals surface area contributed by atoms with Crippen molar-refractivity contribution in [1.29, 1.82) is 0 Å². The minimum absolute atomic E-state index is 0.141. The third-order valence-corrected chi connectivity index (χ3v) is 9.46. The number of methoxy groups -OCH3 is 1. The Morgan fingerprint density at radius 2 is 1.41 bits per heavy atom. The van der Waals surface area contributed by atoms with Crippen LogP contribution in [0, 0.1) is 0 Å². The third kappa shape index (κ3) is 5.58. The SMILES string of the molecule is CO[C@]1(c2ccccc2)CC[C@H](N2CCN(c3ccc(-c4ccc(C(=O)On5nnc6ccccc65)cc4)cc3)CC2)CC1. The molecule has 2 heterocycles. The Kier molecular flexibility index (Phi) is 7.85. The smallest absolute Gasteiger partial charge is 0.365 e. The van der Waals surface area contributed by atoms with Crippen LogP contribution in [0.15, 0.2) is 103 Å². The number of piperazine rings is 1. The summed E-state index contributed by atoms with van der Waals surface area (Å²) in [4.78, 5) is 24.5. The topological polar surface area (TPSA) is 72.7 Å². The Morgan fingerprint density at radius 1 is 0.773 bits per heavy atom. The molecule has 1 aliphatic heterocycles. The number of carbonyl (C=O) groups is 1. The van der Waals surface area contributed by atoms with Crippen LogP contribution in [0.1, 0.15) is 41.6 Å². The summed E-state index contributed by atoms with van der Waals surface area (Å²) in [5.74, 6) is -0.482. The van der Waals surface area contributed by atoms with Crippen molar-refractivity contribution in [3.8, 4) is 11.1 Å². The van der Waals surface area contributed by atoms with Crippen molar-refractivity contribution in [2.24, 2.45) is 0 Å². The van der Waals surface area contributed by atoms with Crippen LogP contribution in [0.2, 0.25) is 0 Å². The summed E-state index contributed by atoms with van der Waals surface area (Å²) in [7, 11) is 1.87. The van der Waals surface area contributed by atoms with E-state index in [0.717, 1.165) is 55.0 Å². The molecular weight excluding hydrogens is 550 g/mol. The molecule has 224 valence electrons. The van der Waals surface area contributed by atoms with E-state index < -0.39 is 5.97 Å². The van der Waals surface area contributed by atoms with Crippen LogP contribution in [0.3, 0.4) is 0 Å². The summed E-state index contributed by atoms with van der Waals surface area (Å²) in [6, 6.07) is 34.9. The summed E-state index contributed by atoms with van der Waals surface area (Å²) in [5.41, 5.74) is 6.34. The number of hydrogen-bond acceptors (Lipinski definition) is 7. The number of fused-ring (bicyclic) bond motifs is 1. The Morgan fingerprint density at radius 3 is 2.09 bits per heavy atom. The Labute approximate surface area is 257 Å². The molecule has 0 atom stereocenters. The van der Waals surface area contributed by atoms with Crippen molar-refractivity contribution >= 4 is 22.7 Å². The lowest BCUT2D eigenvalue weighted by Gasteiger charge is -2.46. The first-order valence-electron chi connectivity index (χ1n) is 15.5. The maximum atomic E-state index is 12.7. The number of para-hydroxylation sites is 1. The van der Waals surface area contributed by atoms with Crippen LogP contribution >= 0.6 is 0 Å². The van der Waals surface area contributed by atoms with Gasteiger partial charge >= 0.3 is 5.97 Å². The number of nitrogens with zero attached hydrogens (tertiary/aromatic N) is 5. The molecule has 0 unspecified atom stereocenters. The second-order valence-corrected chi connectivity index (χ2v) is 11.8. The molecule has 1 aromatic heterocycles. The standard InChI is InChI=1S/C36H37N5O3/c1-43-36(30-7-3-2-4-8-30)21-19-32(20-22-36)40-25-23-39(24-26-40)31-17-15-28(16-18-31)27-11-13-29(14-12-27)35(42)44-41-34-10-6-5-9-33(34)37-38-41/h2-18,32H,19-26H2,1H3/t32-,36+. The van der Waals surface area contributed by atoms with Crippen LogP contribution in [0.5, 0.6) is 0 Å². The van der Waals surface area contributed by atoms with Gasteiger partial charge in [0.05, 0.1) is 11.2 Å². The highest BCUT2D eigenvalue weighted by Crippen LogP contribution is 2.41. The molecule has 0 bridgehead atoms. The van der Waals surface area contributed by atoms with Crippen LogP contribution in [0.4, 0.5) is 5.69 Å². The third-order valence-electron chi connectivity index (χ3n) is 9.46.